The smallest absolute Gasteiger partial charge is 0.407 e. The standard InChI is InChI=1S/C14H21NO2/c1-11-6-5-7-12(9-8-11)10-15-13(16)17-14(2,3)4/h6-9H,5,10H2,1-4H3,(H,15,16). The van der Waals surface area contributed by atoms with Crippen molar-refractivity contribution >= 4 is 6.09 Å². The number of ether oxygens (including phenoxy) is 1. The third-order valence-electron chi connectivity index (χ3n) is 2.22. The van der Waals surface area contributed by atoms with Crippen LogP contribution in [0.4, 0.5) is 4.79 Å². The molecule has 0 aromatic rings. The second kappa shape index (κ2) is 5.71. The van der Waals surface area contributed by atoms with Crippen LogP contribution in [0, 0.1) is 0 Å². The van der Waals surface area contributed by atoms with Gasteiger partial charge in [0.2, 0.25) is 0 Å². The second-order valence-electron chi connectivity index (χ2n) is 5.15. The van der Waals surface area contributed by atoms with Gasteiger partial charge in [-0.05, 0) is 39.7 Å². The number of carbonyl (C=O) groups excluding carboxylic acids is 1. The third-order valence-corrected chi connectivity index (χ3v) is 2.22. The summed E-state index contributed by atoms with van der Waals surface area (Å²) in [5.74, 6) is 0. The summed E-state index contributed by atoms with van der Waals surface area (Å²) in [6.07, 6.45) is 8.86. The van der Waals surface area contributed by atoms with Crippen molar-refractivity contribution in [2.45, 2.75) is 39.7 Å². The van der Waals surface area contributed by atoms with Crippen LogP contribution in [0.2, 0.25) is 0 Å². The second-order valence-corrected chi connectivity index (χ2v) is 5.15. The van der Waals surface area contributed by atoms with Crippen LogP contribution in [0.25, 0.3) is 0 Å². The van der Waals surface area contributed by atoms with Crippen molar-refractivity contribution in [3.8, 4) is 0 Å². The molecular weight excluding hydrogens is 214 g/mol. The highest BCUT2D eigenvalue weighted by Gasteiger charge is 2.15. The van der Waals surface area contributed by atoms with Crippen molar-refractivity contribution in [2.24, 2.45) is 0 Å². The van der Waals surface area contributed by atoms with Crippen LogP contribution in [0.1, 0.15) is 34.1 Å². The average molecular weight is 235 g/mol. The van der Waals surface area contributed by atoms with Gasteiger partial charge in [-0.3, -0.25) is 0 Å². The maximum atomic E-state index is 11.5. The molecule has 1 amide bonds. The van der Waals surface area contributed by atoms with Gasteiger partial charge >= 0.3 is 6.09 Å². The number of rotatable bonds is 2. The molecule has 0 saturated heterocycles. The van der Waals surface area contributed by atoms with E-state index in [0.29, 0.717) is 6.54 Å². The molecule has 0 atom stereocenters. The van der Waals surface area contributed by atoms with E-state index in [9.17, 15) is 4.79 Å². The summed E-state index contributed by atoms with van der Waals surface area (Å²) in [5, 5.41) is 2.75. The summed E-state index contributed by atoms with van der Waals surface area (Å²) < 4.78 is 5.17. The number of hydrogen-bond acceptors (Lipinski definition) is 2. The summed E-state index contributed by atoms with van der Waals surface area (Å²) in [4.78, 5) is 11.5. The van der Waals surface area contributed by atoms with E-state index in [1.165, 1.54) is 5.57 Å². The monoisotopic (exact) mass is 235 g/mol. The molecule has 94 valence electrons. The van der Waals surface area contributed by atoms with Gasteiger partial charge < -0.3 is 10.1 Å². The summed E-state index contributed by atoms with van der Waals surface area (Å²) >= 11 is 0. The van der Waals surface area contributed by atoms with E-state index in [2.05, 4.69) is 30.5 Å². The highest BCUT2D eigenvalue weighted by molar-refractivity contribution is 5.68. The Kier molecular flexibility index (Phi) is 4.55. The summed E-state index contributed by atoms with van der Waals surface area (Å²) in [5.41, 5.74) is 1.90. The predicted octanol–water partition coefficient (Wildman–Crippen LogP) is 3.34. The molecule has 0 aromatic carbocycles. The Balaban J connectivity index is 2.39. The lowest BCUT2D eigenvalue weighted by Gasteiger charge is -2.19. The maximum absolute atomic E-state index is 11.5. The fourth-order valence-electron chi connectivity index (χ4n) is 1.39. The summed E-state index contributed by atoms with van der Waals surface area (Å²) in [6.45, 7) is 8.13. The molecule has 1 aliphatic rings. The van der Waals surface area contributed by atoms with Gasteiger partial charge in [0, 0.05) is 6.54 Å². The first-order valence-electron chi connectivity index (χ1n) is 5.87. The van der Waals surface area contributed by atoms with Gasteiger partial charge in [0.05, 0.1) is 0 Å². The van der Waals surface area contributed by atoms with Crippen LogP contribution < -0.4 is 5.32 Å². The topological polar surface area (TPSA) is 38.3 Å². The van der Waals surface area contributed by atoms with E-state index in [1.807, 2.05) is 26.8 Å². The molecule has 0 spiro atoms. The Bertz CT molecular complexity index is 370. The Morgan fingerprint density at radius 2 is 2.06 bits per heavy atom. The fraction of sp³-hybridized carbons (Fsp3) is 0.500. The summed E-state index contributed by atoms with van der Waals surface area (Å²) in [7, 11) is 0. The highest BCUT2D eigenvalue weighted by atomic mass is 16.6. The van der Waals surface area contributed by atoms with Crippen molar-refractivity contribution < 1.29 is 9.53 Å². The van der Waals surface area contributed by atoms with Gasteiger partial charge in [0.1, 0.15) is 5.60 Å². The molecular formula is C14H21NO2. The zero-order valence-corrected chi connectivity index (χ0v) is 11.0. The number of allylic oxidation sites excluding steroid dienone is 4. The lowest BCUT2D eigenvalue weighted by molar-refractivity contribution is 0.0533. The molecule has 17 heavy (non-hydrogen) atoms. The molecule has 0 unspecified atom stereocenters. The number of alkyl carbamates (subject to hydrolysis) is 1. The van der Waals surface area contributed by atoms with Gasteiger partial charge in [0.15, 0.2) is 0 Å². The quantitative estimate of drug-likeness (QED) is 0.797. The van der Waals surface area contributed by atoms with Crippen molar-refractivity contribution in [2.75, 3.05) is 6.54 Å². The van der Waals surface area contributed by atoms with Crippen LogP contribution in [0.5, 0.6) is 0 Å². The Labute approximate surface area is 103 Å². The van der Waals surface area contributed by atoms with Crippen LogP contribution in [0.3, 0.4) is 0 Å². The van der Waals surface area contributed by atoms with Gasteiger partial charge in [-0.1, -0.05) is 29.9 Å². The first-order chi connectivity index (χ1) is 7.87. The van der Waals surface area contributed by atoms with Crippen molar-refractivity contribution in [1.82, 2.24) is 5.32 Å². The molecule has 0 bridgehead atoms. The van der Waals surface area contributed by atoms with Gasteiger partial charge in [-0.15, -0.1) is 0 Å². The molecule has 0 aliphatic heterocycles. The van der Waals surface area contributed by atoms with Crippen LogP contribution in [0.15, 0.2) is 35.5 Å². The van der Waals surface area contributed by atoms with Gasteiger partial charge in [-0.25, -0.2) is 4.79 Å². The van der Waals surface area contributed by atoms with Gasteiger partial charge in [0.25, 0.3) is 0 Å². The SMILES string of the molecule is CC1=CCC=C(CNC(=O)OC(C)(C)C)C=C1. The molecule has 0 aromatic heterocycles. The van der Waals surface area contributed by atoms with E-state index in [1.54, 1.807) is 0 Å². The van der Waals surface area contributed by atoms with E-state index >= 15 is 0 Å². The van der Waals surface area contributed by atoms with Gasteiger partial charge in [-0.2, -0.15) is 0 Å². The molecule has 0 radical (unpaired) electrons. The fourth-order valence-corrected chi connectivity index (χ4v) is 1.39. The van der Waals surface area contributed by atoms with E-state index in [-0.39, 0.29) is 6.09 Å². The number of amides is 1. The summed E-state index contributed by atoms with van der Waals surface area (Å²) in [6, 6.07) is 0. The average Bonchev–Trinajstić information content (AvgIpc) is 2.37. The lowest BCUT2D eigenvalue weighted by Crippen LogP contribution is -2.33. The molecule has 0 saturated carbocycles. The maximum Gasteiger partial charge on any atom is 0.407 e. The largest absolute Gasteiger partial charge is 0.444 e. The van der Waals surface area contributed by atoms with Crippen molar-refractivity contribution in [3.63, 3.8) is 0 Å². The van der Waals surface area contributed by atoms with E-state index < -0.39 is 5.60 Å². The molecule has 1 N–H and O–H groups in total. The first-order valence-corrected chi connectivity index (χ1v) is 5.87. The van der Waals surface area contributed by atoms with E-state index in [0.717, 1.165) is 12.0 Å². The molecule has 0 heterocycles. The highest BCUT2D eigenvalue weighted by Crippen LogP contribution is 2.10. The van der Waals surface area contributed by atoms with Crippen LogP contribution >= 0.6 is 0 Å². The minimum absolute atomic E-state index is 0.374. The molecule has 3 nitrogen and oxygen atoms in total. The minimum atomic E-state index is -0.449. The van der Waals surface area contributed by atoms with Crippen LogP contribution in [-0.4, -0.2) is 18.2 Å². The normalized spacial score (nSPS) is 15.8. The zero-order valence-electron chi connectivity index (χ0n) is 11.0. The number of nitrogens with one attached hydrogen (secondary N) is 1. The van der Waals surface area contributed by atoms with E-state index in [4.69, 9.17) is 4.74 Å². The van der Waals surface area contributed by atoms with Crippen molar-refractivity contribution in [1.29, 1.82) is 0 Å². The molecule has 0 fully saturated rings. The molecule has 1 rings (SSSR count). The Hall–Kier alpha value is -1.51. The zero-order chi connectivity index (χ0) is 12.9. The first kappa shape index (κ1) is 13.6. The number of hydrogen-bond donors (Lipinski definition) is 1. The molecule has 1 aliphatic carbocycles. The Morgan fingerprint density at radius 3 is 2.71 bits per heavy atom. The van der Waals surface area contributed by atoms with Crippen molar-refractivity contribution in [3.05, 3.63) is 35.5 Å². The predicted molar refractivity (Wildman–Crippen MR) is 69.8 cm³/mol. The Morgan fingerprint density at radius 1 is 1.35 bits per heavy atom. The number of carbonyl (C=O) groups is 1. The van der Waals surface area contributed by atoms with Crippen LogP contribution in [-0.2, 0) is 4.74 Å². The third kappa shape index (κ3) is 5.95. The molecule has 3 heteroatoms. The lowest BCUT2D eigenvalue weighted by atomic mass is 10.2. The minimum Gasteiger partial charge on any atom is -0.444 e.